The minimum atomic E-state index is -0.369. The van der Waals surface area contributed by atoms with Crippen molar-refractivity contribution in [3.05, 3.63) is 28.8 Å². The highest BCUT2D eigenvalue weighted by Gasteiger charge is 2.25. The first-order valence-corrected chi connectivity index (χ1v) is 9.34. The predicted octanol–water partition coefficient (Wildman–Crippen LogP) is 2.38. The molecule has 1 aliphatic rings. The Kier molecular flexibility index (Phi) is 6.41. The quantitative estimate of drug-likeness (QED) is 0.893. The zero-order valence-corrected chi connectivity index (χ0v) is 14.8. The highest BCUT2D eigenvalue weighted by atomic mass is 35.5. The number of amides is 1. The summed E-state index contributed by atoms with van der Waals surface area (Å²) in [4.78, 5) is 16.5. The fourth-order valence-electron chi connectivity index (χ4n) is 2.69. The maximum absolute atomic E-state index is 12.3. The molecule has 0 radical (unpaired) electrons. The number of anilines is 1. The SMILES string of the molecule is CSCCC(N)C(=O)N1CCN(c2cc(Cl)ccc2C)CC1. The van der Waals surface area contributed by atoms with Gasteiger partial charge in [0.1, 0.15) is 0 Å². The smallest absolute Gasteiger partial charge is 0.239 e. The number of piperazine rings is 1. The first-order chi connectivity index (χ1) is 10.5. The number of nitrogens with two attached hydrogens (primary N) is 1. The Morgan fingerprint density at radius 1 is 1.36 bits per heavy atom. The van der Waals surface area contributed by atoms with Gasteiger partial charge in [-0.25, -0.2) is 0 Å². The lowest BCUT2D eigenvalue weighted by molar-refractivity contribution is -0.132. The molecule has 1 fully saturated rings. The number of hydrogen-bond acceptors (Lipinski definition) is 4. The van der Waals surface area contributed by atoms with Crippen molar-refractivity contribution in [2.75, 3.05) is 43.1 Å². The molecule has 1 aromatic rings. The fraction of sp³-hybridized carbons (Fsp3) is 0.562. The minimum Gasteiger partial charge on any atom is -0.368 e. The van der Waals surface area contributed by atoms with Crippen LogP contribution in [0.15, 0.2) is 18.2 Å². The van der Waals surface area contributed by atoms with Crippen LogP contribution in [0.2, 0.25) is 5.02 Å². The molecule has 122 valence electrons. The molecule has 1 aliphatic heterocycles. The van der Waals surface area contributed by atoms with Gasteiger partial charge in [0.25, 0.3) is 0 Å². The summed E-state index contributed by atoms with van der Waals surface area (Å²) in [6.45, 7) is 5.17. The van der Waals surface area contributed by atoms with Crippen LogP contribution in [-0.2, 0) is 4.79 Å². The van der Waals surface area contributed by atoms with Crippen molar-refractivity contribution in [1.82, 2.24) is 4.90 Å². The number of nitrogens with zero attached hydrogens (tertiary/aromatic N) is 2. The van der Waals surface area contributed by atoms with Crippen LogP contribution < -0.4 is 10.6 Å². The molecule has 1 unspecified atom stereocenters. The molecule has 2 N–H and O–H groups in total. The van der Waals surface area contributed by atoms with E-state index in [1.165, 1.54) is 5.56 Å². The molecule has 1 saturated heterocycles. The normalized spacial score (nSPS) is 16.7. The third-order valence-electron chi connectivity index (χ3n) is 4.05. The van der Waals surface area contributed by atoms with E-state index in [2.05, 4.69) is 11.8 Å². The summed E-state index contributed by atoms with van der Waals surface area (Å²) in [5, 5.41) is 0.748. The third kappa shape index (κ3) is 4.31. The van der Waals surface area contributed by atoms with Gasteiger partial charge in [-0.15, -0.1) is 0 Å². The lowest BCUT2D eigenvalue weighted by atomic mass is 10.1. The van der Waals surface area contributed by atoms with E-state index in [1.54, 1.807) is 11.8 Å². The van der Waals surface area contributed by atoms with E-state index in [-0.39, 0.29) is 11.9 Å². The van der Waals surface area contributed by atoms with Gasteiger partial charge in [-0.2, -0.15) is 11.8 Å². The van der Waals surface area contributed by atoms with Crippen LogP contribution >= 0.6 is 23.4 Å². The predicted molar refractivity (Wildman–Crippen MR) is 96.0 cm³/mol. The second-order valence-corrected chi connectivity index (χ2v) is 7.05. The lowest BCUT2D eigenvalue weighted by Crippen LogP contribution is -2.53. The zero-order valence-electron chi connectivity index (χ0n) is 13.2. The van der Waals surface area contributed by atoms with Gasteiger partial charge in [0.05, 0.1) is 6.04 Å². The molecule has 0 aliphatic carbocycles. The molecule has 1 aromatic carbocycles. The molecular weight excluding hydrogens is 318 g/mol. The van der Waals surface area contributed by atoms with E-state index >= 15 is 0 Å². The van der Waals surface area contributed by atoms with Crippen LogP contribution in [0, 0.1) is 6.92 Å². The number of rotatable bonds is 5. The highest BCUT2D eigenvalue weighted by Crippen LogP contribution is 2.25. The van der Waals surface area contributed by atoms with Crippen molar-refractivity contribution < 1.29 is 4.79 Å². The van der Waals surface area contributed by atoms with Crippen LogP contribution in [0.3, 0.4) is 0 Å². The summed E-state index contributed by atoms with van der Waals surface area (Å²) in [6.07, 6.45) is 2.77. The second kappa shape index (κ2) is 8.09. The third-order valence-corrected chi connectivity index (χ3v) is 4.93. The second-order valence-electron chi connectivity index (χ2n) is 5.63. The Hall–Kier alpha value is -0.910. The fourth-order valence-corrected chi connectivity index (χ4v) is 3.35. The molecule has 0 saturated carbocycles. The average molecular weight is 342 g/mol. The van der Waals surface area contributed by atoms with Crippen molar-refractivity contribution in [1.29, 1.82) is 0 Å². The minimum absolute atomic E-state index is 0.0801. The van der Waals surface area contributed by atoms with E-state index in [4.69, 9.17) is 17.3 Å². The Labute approximate surface area is 142 Å². The van der Waals surface area contributed by atoms with Crippen molar-refractivity contribution >= 4 is 35.0 Å². The Morgan fingerprint density at radius 3 is 2.68 bits per heavy atom. The number of hydrogen-bond donors (Lipinski definition) is 1. The van der Waals surface area contributed by atoms with Gasteiger partial charge < -0.3 is 15.5 Å². The molecule has 4 nitrogen and oxygen atoms in total. The maximum atomic E-state index is 12.3. The van der Waals surface area contributed by atoms with Gasteiger partial charge in [-0.1, -0.05) is 17.7 Å². The number of carbonyl (C=O) groups excluding carboxylic acids is 1. The van der Waals surface area contributed by atoms with Crippen LogP contribution in [0.1, 0.15) is 12.0 Å². The largest absolute Gasteiger partial charge is 0.368 e. The first-order valence-electron chi connectivity index (χ1n) is 7.57. The zero-order chi connectivity index (χ0) is 16.1. The molecule has 1 heterocycles. The number of thioether (sulfide) groups is 1. The Bertz CT molecular complexity index is 518. The van der Waals surface area contributed by atoms with Gasteiger partial charge in [0.2, 0.25) is 5.91 Å². The summed E-state index contributed by atoms with van der Waals surface area (Å²) < 4.78 is 0. The summed E-state index contributed by atoms with van der Waals surface area (Å²) in [6, 6.07) is 5.57. The standard InChI is InChI=1S/C16H24ClN3OS/c1-12-3-4-13(17)11-15(12)19-6-8-20(9-7-19)16(21)14(18)5-10-22-2/h3-4,11,14H,5-10,18H2,1-2H3. The van der Waals surface area contributed by atoms with E-state index < -0.39 is 0 Å². The maximum Gasteiger partial charge on any atom is 0.239 e. The van der Waals surface area contributed by atoms with Gasteiger partial charge in [0.15, 0.2) is 0 Å². The molecule has 2 rings (SSSR count). The lowest BCUT2D eigenvalue weighted by Gasteiger charge is -2.37. The van der Waals surface area contributed by atoms with Gasteiger partial charge in [0, 0.05) is 36.9 Å². The summed E-state index contributed by atoms with van der Waals surface area (Å²) >= 11 is 7.82. The van der Waals surface area contributed by atoms with Gasteiger partial charge in [-0.3, -0.25) is 4.79 Å². The molecule has 6 heteroatoms. The topological polar surface area (TPSA) is 49.6 Å². The van der Waals surface area contributed by atoms with Crippen LogP contribution in [0.5, 0.6) is 0 Å². The summed E-state index contributed by atoms with van der Waals surface area (Å²) in [5.41, 5.74) is 8.36. The van der Waals surface area contributed by atoms with Crippen molar-refractivity contribution in [3.8, 4) is 0 Å². The monoisotopic (exact) mass is 341 g/mol. The number of carbonyl (C=O) groups is 1. The van der Waals surface area contributed by atoms with E-state index in [9.17, 15) is 4.79 Å². The van der Waals surface area contributed by atoms with Crippen molar-refractivity contribution in [2.24, 2.45) is 5.73 Å². The number of aryl methyl sites for hydroxylation is 1. The molecule has 22 heavy (non-hydrogen) atoms. The summed E-state index contributed by atoms with van der Waals surface area (Å²) in [5.74, 6) is 1.01. The van der Waals surface area contributed by atoms with Crippen LogP contribution in [0.25, 0.3) is 0 Å². The molecular formula is C16H24ClN3OS. The van der Waals surface area contributed by atoms with Crippen LogP contribution in [-0.4, -0.2) is 55.0 Å². The van der Waals surface area contributed by atoms with E-state index in [1.807, 2.05) is 29.4 Å². The molecule has 0 bridgehead atoms. The number of halogens is 1. The molecule has 0 spiro atoms. The van der Waals surface area contributed by atoms with Crippen molar-refractivity contribution in [3.63, 3.8) is 0 Å². The molecule has 0 aromatic heterocycles. The first kappa shape index (κ1) is 17.4. The van der Waals surface area contributed by atoms with E-state index in [0.717, 1.165) is 49.1 Å². The summed E-state index contributed by atoms with van der Waals surface area (Å²) in [7, 11) is 0. The van der Waals surface area contributed by atoms with Gasteiger partial charge >= 0.3 is 0 Å². The highest BCUT2D eigenvalue weighted by molar-refractivity contribution is 7.98. The Balaban J connectivity index is 1.92. The average Bonchev–Trinajstić information content (AvgIpc) is 2.54. The Morgan fingerprint density at radius 2 is 2.05 bits per heavy atom. The number of benzene rings is 1. The van der Waals surface area contributed by atoms with Crippen LogP contribution in [0.4, 0.5) is 5.69 Å². The van der Waals surface area contributed by atoms with Gasteiger partial charge in [-0.05, 0) is 43.0 Å². The van der Waals surface area contributed by atoms with Crippen molar-refractivity contribution in [2.45, 2.75) is 19.4 Å². The van der Waals surface area contributed by atoms with E-state index in [0.29, 0.717) is 0 Å². The molecule has 1 amide bonds. The molecule has 1 atom stereocenters.